The van der Waals surface area contributed by atoms with Crippen LogP contribution < -0.4 is 0 Å². The topological polar surface area (TPSA) is 124 Å². The van der Waals surface area contributed by atoms with Gasteiger partial charge in [-0.1, -0.05) is 78.1 Å². The van der Waals surface area contributed by atoms with Crippen LogP contribution in [0.1, 0.15) is 104 Å². The van der Waals surface area contributed by atoms with Crippen molar-refractivity contribution in [3.05, 3.63) is 0 Å². The van der Waals surface area contributed by atoms with Crippen LogP contribution in [-0.4, -0.2) is 63.2 Å². The van der Waals surface area contributed by atoms with Crippen molar-refractivity contribution >= 4 is 11.8 Å². The van der Waals surface area contributed by atoms with Crippen molar-refractivity contribution in [1.82, 2.24) is 0 Å². The van der Waals surface area contributed by atoms with Crippen molar-refractivity contribution in [1.29, 1.82) is 0 Å². The summed E-state index contributed by atoms with van der Waals surface area (Å²) >= 11 is 0. The molecular formula is C23H44O7. The van der Waals surface area contributed by atoms with E-state index in [1.807, 2.05) is 0 Å². The number of unbranched alkanes of at least 4 members (excludes halogenated alkanes) is 10. The van der Waals surface area contributed by atoms with Crippen molar-refractivity contribution in [2.24, 2.45) is 0 Å². The fourth-order valence-corrected chi connectivity index (χ4v) is 3.42. The first-order valence-electron chi connectivity index (χ1n) is 11.7. The van der Waals surface area contributed by atoms with E-state index in [1.165, 1.54) is 6.42 Å². The van der Waals surface area contributed by atoms with Gasteiger partial charge >= 0.3 is 5.97 Å². The molecule has 0 saturated carbocycles. The lowest BCUT2D eigenvalue weighted by Crippen LogP contribution is -2.60. The highest BCUT2D eigenvalue weighted by Gasteiger charge is 2.49. The Morgan fingerprint density at radius 1 is 0.767 bits per heavy atom. The molecule has 0 aliphatic carbocycles. The number of rotatable bonds is 20. The zero-order valence-electron chi connectivity index (χ0n) is 19.0. The van der Waals surface area contributed by atoms with Gasteiger partial charge in [-0.15, -0.1) is 0 Å². The normalized spacial score (nSPS) is 15.4. The van der Waals surface area contributed by atoms with Crippen LogP contribution in [0.2, 0.25) is 0 Å². The van der Waals surface area contributed by atoms with E-state index >= 15 is 0 Å². The summed E-state index contributed by atoms with van der Waals surface area (Å²) in [5, 5.41) is 40.2. The first kappa shape index (κ1) is 29.0. The van der Waals surface area contributed by atoms with Crippen molar-refractivity contribution in [2.45, 2.75) is 122 Å². The van der Waals surface area contributed by atoms with Gasteiger partial charge in [-0.2, -0.15) is 0 Å². The van der Waals surface area contributed by atoms with Crippen LogP contribution in [0.5, 0.6) is 0 Å². The summed E-state index contributed by atoms with van der Waals surface area (Å²) in [6.07, 6.45) is 8.26. The largest absolute Gasteiger partial charge is 0.463 e. The minimum atomic E-state index is -2.56. The van der Waals surface area contributed by atoms with Gasteiger partial charge in [0.15, 0.2) is 11.4 Å². The third-order valence-electron chi connectivity index (χ3n) is 5.53. The molecule has 0 heterocycles. The number of ketones is 1. The zero-order valence-corrected chi connectivity index (χ0v) is 19.0. The monoisotopic (exact) mass is 432 g/mol. The van der Waals surface area contributed by atoms with E-state index in [0.717, 1.165) is 57.8 Å². The molecule has 0 rings (SSSR count). The maximum Gasteiger partial charge on any atom is 0.305 e. The Bertz CT molecular complexity index is 455. The lowest BCUT2D eigenvalue weighted by atomic mass is 9.84. The fourth-order valence-electron chi connectivity index (χ4n) is 3.42. The van der Waals surface area contributed by atoms with E-state index in [0.29, 0.717) is 12.8 Å². The molecule has 0 aromatic heterocycles. The number of ether oxygens (including phenoxy) is 1. The number of aliphatic hydroxyl groups excluding tert-OH is 3. The molecule has 0 amide bonds. The van der Waals surface area contributed by atoms with Crippen molar-refractivity contribution in [3.63, 3.8) is 0 Å². The van der Waals surface area contributed by atoms with Gasteiger partial charge in [-0.05, 0) is 12.8 Å². The number of Topliss-reactive ketones (excluding diaryl/α,β-unsaturated/α-hetero) is 1. The molecule has 0 spiro atoms. The highest BCUT2D eigenvalue weighted by molar-refractivity contribution is 5.88. The standard InChI is InChI=1S/C23H44O7/c1-3-5-7-9-11-13-15-19(25)23(29,20(26)17-24)21(27)18-30-22(28)16-14-12-10-8-6-4-2/h20-21,24,26-27,29H,3-18H2,1-2H3/t20-,21+,23+/m0/s1. The van der Waals surface area contributed by atoms with Crippen molar-refractivity contribution < 1.29 is 34.8 Å². The molecule has 0 aliphatic rings. The highest BCUT2D eigenvalue weighted by atomic mass is 16.5. The van der Waals surface area contributed by atoms with Gasteiger partial charge in [0, 0.05) is 12.8 Å². The van der Waals surface area contributed by atoms with Crippen molar-refractivity contribution in [3.8, 4) is 0 Å². The Morgan fingerprint density at radius 2 is 1.23 bits per heavy atom. The van der Waals surface area contributed by atoms with Gasteiger partial charge in [-0.25, -0.2) is 0 Å². The smallest absolute Gasteiger partial charge is 0.305 e. The summed E-state index contributed by atoms with van der Waals surface area (Å²) in [6.45, 7) is 2.75. The van der Waals surface area contributed by atoms with Gasteiger partial charge in [0.2, 0.25) is 0 Å². The van der Waals surface area contributed by atoms with Crippen LogP contribution in [0.4, 0.5) is 0 Å². The molecule has 0 radical (unpaired) electrons. The average molecular weight is 433 g/mol. The molecule has 0 saturated heterocycles. The first-order valence-corrected chi connectivity index (χ1v) is 11.7. The maximum atomic E-state index is 12.5. The fraction of sp³-hybridized carbons (Fsp3) is 0.913. The molecule has 0 fully saturated rings. The lowest BCUT2D eigenvalue weighted by molar-refractivity contribution is -0.188. The molecule has 0 bridgehead atoms. The van der Waals surface area contributed by atoms with Crippen LogP contribution in [0.25, 0.3) is 0 Å². The van der Waals surface area contributed by atoms with Gasteiger partial charge in [0.25, 0.3) is 0 Å². The van der Waals surface area contributed by atoms with E-state index in [2.05, 4.69) is 13.8 Å². The van der Waals surface area contributed by atoms with Crippen LogP contribution in [0.15, 0.2) is 0 Å². The molecule has 3 atom stereocenters. The molecular weight excluding hydrogens is 388 g/mol. The molecule has 4 N–H and O–H groups in total. The maximum absolute atomic E-state index is 12.5. The second kappa shape index (κ2) is 17.6. The predicted octanol–water partition coefficient (Wildman–Crippen LogP) is 3.05. The number of hydrogen-bond donors (Lipinski definition) is 4. The second-order valence-corrected chi connectivity index (χ2v) is 8.18. The van der Waals surface area contributed by atoms with E-state index in [1.54, 1.807) is 0 Å². The zero-order chi connectivity index (χ0) is 22.8. The number of esters is 1. The third kappa shape index (κ3) is 11.4. The SMILES string of the molecule is CCCCCCCCC(=O)OC[C@@H](O)[C@@](O)(C(=O)CCCCCCCC)[C@@H](O)CO. The van der Waals surface area contributed by atoms with E-state index < -0.39 is 42.8 Å². The summed E-state index contributed by atoms with van der Waals surface area (Å²) < 4.78 is 5.00. The van der Waals surface area contributed by atoms with E-state index in [4.69, 9.17) is 4.74 Å². The number of hydrogen-bond acceptors (Lipinski definition) is 7. The van der Waals surface area contributed by atoms with Gasteiger partial charge < -0.3 is 25.2 Å². The second-order valence-electron chi connectivity index (χ2n) is 8.18. The quantitative estimate of drug-likeness (QED) is 0.172. The van der Waals surface area contributed by atoms with Gasteiger partial charge in [-0.3, -0.25) is 9.59 Å². The van der Waals surface area contributed by atoms with E-state index in [9.17, 15) is 30.0 Å². The molecule has 0 aliphatic heterocycles. The Hall–Kier alpha value is -1.02. The van der Waals surface area contributed by atoms with Crippen LogP contribution in [-0.2, 0) is 14.3 Å². The molecule has 30 heavy (non-hydrogen) atoms. The minimum Gasteiger partial charge on any atom is -0.463 e. The number of aliphatic hydroxyl groups is 4. The summed E-state index contributed by atoms with van der Waals surface area (Å²) in [4.78, 5) is 24.4. The van der Waals surface area contributed by atoms with Gasteiger partial charge in [0.1, 0.15) is 18.8 Å². The number of carbonyl (C=O) groups excluding carboxylic acids is 2. The van der Waals surface area contributed by atoms with Crippen molar-refractivity contribution in [2.75, 3.05) is 13.2 Å². The minimum absolute atomic E-state index is 0.0253. The Balaban J connectivity index is 4.47. The van der Waals surface area contributed by atoms with Crippen LogP contribution in [0.3, 0.4) is 0 Å². The molecule has 178 valence electrons. The highest BCUT2D eigenvalue weighted by Crippen LogP contribution is 2.22. The third-order valence-corrected chi connectivity index (χ3v) is 5.53. The summed E-state index contributed by atoms with van der Waals surface area (Å²) in [7, 11) is 0. The predicted molar refractivity (Wildman–Crippen MR) is 116 cm³/mol. The Labute approximate surface area is 181 Å². The molecule has 7 heteroatoms. The Kier molecular flexibility index (Phi) is 17.0. The van der Waals surface area contributed by atoms with Gasteiger partial charge in [0.05, 0.1) is 6.61 Å². The number of carbonyl (C=O) groups is 2. The summed E-state index contributed by atoms with van der Waals surface area (Å²) in [5.41, 5.74) is -2.56. The van der Waals surface area contributed by atoms with Crippen LogP contribution in [0, 0.1) is 0 Å². The summed E-state index contributed by atoms with van der Waals surface area (Å²) in [5.74, 6) is -1.27. The van der Waals surface area contributed by atoms with Crippen LogP contribution >= 0.6 is 0 Å². The first-order chi connectivity index (χ1) is 14.3. The van der Waals surface area contributed by atoms with E-state index in [-0.39, 0.29) is 12.8 Å². The summed E-state index contributed by atoms with van der Waals surface area (Å²) in [6, 6.07) is 0. The Morgan fingerprint density at radius 3 is 1.73 bits per heavy atom. The molecule has 0 aromatic rings. The average Bonchev–Trinajstić information content (AvgIpc) is 2.75. The molecule has 7 nitrogen and oxygen atoms in total. The molecule has 0 unspecified atom stereocenters. The molecule has 0 aromatic carbocycles. The lowest BCUT2D eigenvalue weighted by Gasteiger charge is -2.34.